The molecule has 1 aliphatic carbocycles. The number of rotatable bonds is 1. The molecule has 3 rings (SSSR count). The zero-order chi connectivity index (χ0) is 15.0. The van der Waals surface area contributed by atoms with Gasteiger partial charge in [0.25, 0.3) is 5.91 Å². The average Bonchev–Trinajstić information content (AvgIpc) is 2.87. The molecule has 2 fully saturated rings. The van der Waals surface area contributed by atoms with Gasteiger partial charge in [0.2, 0.25) is 5.91 Å². The fraction of sp³-hybridized carbons (Fsp3) is 0.529. The van der Waals surface area contributed by atoms with Crippen molar-refractivity contribution in [2.24, 2.45) is 0 Å². The molecule has 0 aromatic heterocycles. The van der Waals surface area contributed by atoms with Crippen LogP contribution in [0.5, 0.6) is 0 Å². The number of carbonyl (C=O) groups excluding carboxylic acids is 2. The van der Waals surface area contributed by atoms with Gasteiger partial charge in [-0.15, -0.1) is 0 Å². The molecule has 2 aliphatic rings. The third kappa shape index (κ3) is 2.43. The molecule has 1 heterocycles. The van der Waals surface area contributed by atoms with E-state index in [2.05, 4.69) is 11.4 Å². The number of nitrogens with one attached hydrogen (secondary N) is 1. The summed E-state index contributed by atoms with van der Waals surface area (Å²) in [7, 11) is 0. The second kappa shape index (κ2) is 5.17. The Kier molecular flexibility index (Phi) is 3.47. The van der Waals surface area contributed by atoms with Gasteiger partial charge in [0, 0.05) is 18.7 Å². The van der Waals surface area contributed by atoms with Gasteiger partial charge in [0.1, 0.15) is 5.54 Å². The van der Waals surface area contributed by atoms with E-state index >= 15 is 0 Å². The van der Waals surface area contributed by atoms with Crippen LogP contribution in [0, 0.1) is 13.8 Å². The van der Waals surface area contributed by atoms with Gasteiger partial charge in [0.15, 0.2) is 0 Å². The van der Waals surface area contributed by atoms with E-state index in [1.165, 1.54) is 0 Å². The monoisotopic (exact) mass is 286 g/mol. The van der Waals surface area contributed by atoms with E-state index in [1.807, 2.05) is 30.9 Å². The second-order valence-electron chi connectivity index (χ2n) is 6.33. The highest BCUT2D eigenvalue weighted by Crippen LogP contribution is 2.35. The predicted octanol–water partition coefficient (Wildman–Crippen LogP) is 2.47. The van der Waals surface area contributed by atoms with E-state index in [1.54, 1.807) is 0 Å². The van der Waals surface area contributed by atoms with Gasteiger partial charge in [-0.3, -0.25) is 9.59 Å². The van der Waals surface area contributed by atoms with Crippen LogP contribution >= 0.6 is 0 Å². The average molecular weight is 286 g/mol. The lowest BCUT2D eigenvalue weighted by molar-refractivity contribution is -0.129. The molecule has 0 atom stereocenters. The third-order valence-corrected chi connectivity index (χ3v) is 4.71. The predicted molar refractivity (Wildman–Crippen MR) is 82.2 cm³/mol. The molecule has 1 N–H and O–H groups in total. The topological polar surface area (TPSA) is 49.4 Å². The van der Waals surface area contributed by atoms with Crippen molar-refractivity contribution >= 4 is 17.5 Å². The van der Waals surface area contributed by atoms with Crippen LogP contribution in [0.1, 0.15) is 43.2 Å². The maximum atomic E-state index is 13.1. The maximum absolute atomic E-state index is 13.1. The van der Waals surface area contributed by atoms with Crippen molar-refractivity contribution in [2.75, 3.05) is 11.4 Å². The molecule has 2 amide bonds. The summed E-state index contributed by atoms with van der Waals surface area (Å²) in [5.74, 6) is 0.0672. The molecule has 4 heteroatoms. The van der Waals surface area contributed by atoms with Crippen molar-refractivity contribution < 1.29 is 9.59 Å². The van der Waals surface area contributed by atoms with Gasteiger partial charge in [-0.1, -0.05) is 25.0 Å². The van der Waals surface area contributed by atoms with E-state index in [9.17, 15) is 9.59 Å². The van der Waals surface area contributed by atoms with Crippen molar-refractivity contribution in [3.8, 4) is 0 Å². The summed E-state index contributed by atoms with van der Waals surface area (Å²) in [6.07, 6.45) is 3.91. The number of amides is 2. The SMILES string of the molecule is Cc1ccc(C)c(N2CCC(=O)NC3(CCCC3)C2=O)c1. The van der Waals surface area contributed by atoms with Crippen molar-refractivity contribution in [1.29, 1.82) is 0 Å². The van der Waals surface area contributed by atoms with Gasteiger partial charge in [-0.2, -0.15) is 0 Å². The molecule has 21 heavy (non-hydrogen) atoms. The normalized spacial score (nSPS) is 21.5. The molecule has 1 aromatic rings. The van der Waals surface area contributed by atoms with E-state index in [0.29, 0.717) is 13.0 Å². The van der Waals surface area contributed by atoms with E-state index < -0.39 is 5.54 Å². The Hall–Kier alpha value is -1.84. The minimum Gasteiger partial charge on any atom is -0.342 e. The van der Waals surface area contributed by atoms with Gasteiger partial charge >= 0.3 is 0 Å². The zero-order valence-corrected chi connectivity index (χ0v) is 12.7. The molecule has 0 unspecified atom stereocenters. The largest absolute Gasteiger partial charge is 0.342 e. The molecular weight excluding hydrogens is 264 g/mol. The first-order chi connectivity index (χ1) is 10.0. The Bertz CT molecular complexity index is 588. The quantitative estimate of drug-likeness (QED) is 0.862. The van der Waals surface area contributed by atoms with Crippen molar-refractivity contribution in [2.45, 2.75) is 51.5 Å². The minimum atomic E-state index is -0.663. The van der Waals surface area contributed by atoms with E-state index in [-0.39, 0.29) is 11.8 Å². The summed E-state index contributed by atoms with van der Waals surface area (Å²) in [4.78, 5) is 26.9. The highest BCUT2D eigenvalue weighted by molar-refractivity contribution is 6.04. The van der Waals surface area contributed by atoms with Gasteiger partial charge in [-0.25, -0.2) is 0 Å². The number of benzene rings is 1. The molecule has 1 saturated carbocycles. The smallest absolute Gasteiger partial charge is 0.252 e. The lowest BCUT2D eigenvalue weighted by atomic mass is 9.95. The number of carbonyl (C=O) groups is 2. The van der Waals surface area contributed by atoms with Crippen molar-refractivity contribution in [1.82, 2.24) is 5.32 Å². The molecule has 0 radical (unpaired) electrons. The standard InChI is InChI=1S/C17H22N2O2/c1-12-5-6-13(2)14(11-12)19-10-7-15(20)18-17(16(19)21)8-3-4-9-17/h5-6,11H,3-4,7-10H2,1-2H3,(H,18,20). The van der Waals surface area contributed by atoms with Gasteiger partial charge in [-0.05, 0) is 43.9 Å². The number of aryl methyl sites for hydroxylation is 2. The molecule has 1 aromatic carbocycles. The van der Waals surface area contributed by atoms with E-state index in [0.717, 1.165) is 42.5 Å². The van der Waals surface area contributed by atoms with Crippen LogP contribution in [0.2, 0.25) is 0 Å². The minimum absolute atomic E-state index is 0.00180. The first-order valence-electron chi connectivity index (χ1n) is 7.72. The highest BCUT2D eigenvalue weighted by Gasteiger charge is 2.46. The number of anilines is 1. The number of hydrogen-bond donors (Lipinski definition) is 1. The third-order valence-electron chi connectivity index (χ3n) is 4.71. The number of nitrogens with zero attached hydrogens (tertiary/aromatic N) is 1. The Morgan fingerprint density at radius 2 is 1.86 bits per heavy atom. The maximum Gasteiger partial charge on any atom is 0.252 e. The Morgan fingerprint density at radius 1 is 1.14 bits per heavy atom. The molecule has 0 bridgehead atoms. The molecule has 1 aliphatic heterocycles. The number of hydrogen-bond acceptors (Lipinski definition) is 2. The summed E-state index contributed by atoms with van der Waals surface area (Å²) < 4.78 is 0. The Morgan fingerprint density at radius 3 is 2.57 bits per heavy atom. The van der Waals surface area contributed by atoms with Crippen LogP contribution in [-0.2, 0) is 9.59 Å². The zero-order valence-electron chi connectivity index (χ0n) is 12.7. The fourth-order valence-electron chi connectivity index (χ4n) is 3.51. The summed E-state index contributed by atoms with van der Waals surface area (Å²) >= 11 is 0. The lowest BCUT2D eigenvalue weighted by Crippen LogP contribution is -2.55. The first-order valence-corrected chi connectivity index (χ1v) is 7.72. The summed E-state index contributed by atoms with van der Waals surface area (Å²) in [5, 5.41) is 3.01. The van der Waals surface area contributed by atoms with Crippen LogP contribution in [-0.4, -0.2) is 23.9 Å². The fourth-order valence-corrected chi connectivity index (χ4v) is 3.51. The van der Waals surface area contributed by atoms with Gasteiger partial charge < -0.3 is 10.2 Å². The summed E-state index contributed by atoms with van der Waals surface area (Å²) in [6, 6.07) is 6.14. The van der Waals surface area contributed by atoms with Crippen molar-refractivity contribution in [3.05, 3.63) is 29.3 Å². The Balaban J connectivity index is 2.02. The van der Waals surface area contributed by atoms with Gasteiger partial charge in [0.05, 0.1) is 0 Å². The van der Waals surface area contributed by atoms with Crippen LogP contribution in [0.15, 0.2) is 18.2 Å². The molecular formula is C17H22N2O2. The first kappa shape index (κ1) is 14.1. The summed E-state index contributed by atoms with van der Waals surface area (Å²) in [6.45, 7) is 4.51. The van der Waals surface area contributed by atoms with Crippen LogP contribution in [0.3, 0.4) is 0 Å². The van der Waals surface area contributed by atoms with Crippen LogP contribution in [0.4, 0.5) is 5.69 Å². The second-order valence-corrected chi connectivity index (χ2v) is 6.33. The highest BCUT2D eigenvalue weighted by atomic mass is 16.2. The lowest BCUT2D eigenvalue weighted by Gasteiger charge is -2.32. The van der Waals surface area contributed by atoms with E-state index in [4.69, 9.17) is 0 Å². The molecule has 4 nitrogen and oxygen atoms in total. The van der Waals surface area contributed by atoms with Crippen LogP contribution in [0.25, 0.3) is 0 Å². The van der Waals surface area contributed by atoms with Crippen LogP contribution < -0.4 is 10.2 Å². The summed E-state index contributed by atoms with van der Waals surface area (Å²) in [5.41, 5.74) is 2.50. The van der Waals surface area contributed by atoms with Crippen molar-refractivity contribution in [3.63, 3.8) is 0 Å². The molecule has 1 spiro atoms. The molecule has 1 saturated heterocycles. The molecule has 112 valence electrons. The Labute approximate surface area is 125 Å².